The van der Waals surface area contributed by atoms with Crippen LogP contribution in [0.15, 0.2) is 24.3 Å². The zero-order chi connectivity index (χ0) is 12.4. The van der Waals surface area contributed by atoms with Crippen molar-refractivity contribution in [1.82, 2.24) is 4.90 Å². The predicted molar refractivity (Wildman–Crippen MR) is 71.4 cm³/mol. The minimum atomic E-state index is -0.402. The van der Waals surface area contributed by atoms with Gasteiger partial charge in [0.25, 0.3) is 0 Å². The molecule has 1 unspecified atom stereocenters. The van der Waals surface area contributed by atoms with E-state index in [2.05, 4.69) is 29.8 Å². The second kappa shape index (κ2) is 5.07. The third-order valence-corrected chi connectivity index (χ3v) is 3.69. The lowest BCUT2D eigenvalue weighted by Gasteiger charge is -2.40. The number of anilines is 1. The van der Waals surface area contributed by atoms with Gasteiger partial charge in [0.05, 0.1) is 6.10 Å². The van der Waals surface area contributed by atoms with Crippen molar-refractivity contribution in [2.45, 2.75) is 26.0 Å². The SMILES string of the molecule is CC1CN(c2ccccc2[C@H](C)O)CCN1C. The minimum absolute atomic E-state index is 0.402. The molecule has 1 aromatic carbocycles. The van der Waals surface area contributed by atoms with E-state index in [9.17, 15) is 5.11 Å². The average molecular weight is 234 g/mol. The Bertz CT molecular complexity index is 378. The topological polar surface area (TPSA) is 26.7 Å². The molecule has 1 aliphatic rings. The number of para-hydroxylation sites is 1. The summed E-state index contributed by atoms with van der Waals surface area (Å²) in [6.07, 6.45) is -0.402. The molecule has 0 aromatic heterocycles. The van der Waals surface area contributed by atoms with Crippen LogP contribution in [0.4, 0.5) is 5.69 Å². The fourth-order valence-electron chi connectivity index (χ4n) is 2.40. The van der Waals surface area contributed by atoms with Gasteiger partial charge in [-0.05, 0) is 27.0 Å². The number of aliphatic hydroxyl groups is 1. The van der Waals surface area contributed by atoms with E-state index in [4.69, 9.17) is 0 Å². The monoisotopic (exact) mass is 234 g/mol. The molecular formula is C14H22N2O. The number of piperazine rings is 1. The van der Waals surface area contributed by atoms with Gasteiger partial charge >= 0.3 is 0 Å². The van der Waals surface area contributed by atoms with Crippen molar-refractivity contribution in [2.24, 2.45) is 0 Å². The van der Waals surface area contributed by atoms with Crippen LogP contribution < -0.4 is 4.90 Å². The van der Waals surface area contributed by atoms with Gasteiger partial charge < -0.3 is 14.9 Å². The molecule has 0 saturated carbocycles. The third kappa shape index (κ3) is 2.61. The molecule has 94 valence electrons. The predicted octanol–water partition coefficient (Wildman–Crippen LogP) is 1.88. The Morgan fingerprint density at radius 1 is 1.29 bits per heavy atom. The molecule has 1 N–H and O–H groups in total. The van der Waals surface area contributed by atoms with Crippen molar-refractivity contribution in [3.8, 4) is 0 Å². The van der Waals surface area contributed by atoms with Crippen LogP contribution in [0.3, 0.4) is 0 Å². The molecule has 0 bridgehead atoms. The van der Waals surface area contributed by atoms with E-state index >= 15 is 0 Å². The van der Waals surface area contributed by atoms with Crippen molar-refractivity contribution in [2.75, 3.05) is 31.6 Å². The van der Waals surface area contributed by atoms with E-state index in [1.807, 2.05) is 25.1 Å². The van der Waals surface area contributed by atoms with E-state index in [1.165, 1.54) is 5.69 Å². The molecule has 0 amide bonds. The number of hydrogen-bond donors (Lipinski definition) is 1. The van der Waals surface area contributed by atoms with Gasteiger partial charge in [0.2, 0.25) is 0 Å². The fourth-order valence-corrected chi connectivity index (χ4v) is 2.40. The highest BCUT2D eigenvalue weighted by molar-refractivity contribution is 5.55. The smallest absolute Gasteiger partial charge is 0.0781 e. The summed E-state index contributed by atoms with van der Waals surface area (Å²) in [4.78, 5) is 4.76. The van der Waals surface area contributed by atoms with E-state index in [0.29, 0.717) is 6.04 Å². The molecule has 1 saturated heterocycles. The lowest BCUT2D eigenvalue weighted by atomic mass is 10.1. The van der Waals surface area contributed by atoms with E-state index in [-0.39, 0.29) is 0 Å². The number of rotatable bonds is 2. The molecule has 17 heavy (non-hydrogen) atoms. The Kier molecular flexibility index (Phi) is 3.69. The Labute approximate surface area is 104 Å². The van der Waals surface area contributed by atoms with Gasteiger partial charge in [-0.1, -0.05) is 18.2 Å². The number of aliphatic hydroxyl groups excluding tert-OH is 1. The number of nitrogens with zero attached hydrogens (tertiary/aromatic N) is 2. The molecule has 3 nitrogen and oxygen atoms in total. The standard InChI is InChI=1S/C14H22N2O/c1-11-10-16(9-8-15(11)3)14-7-5-4-6-13(14)12(2)17/h4-7,11-12,17H,8-10H2,1-3H3/t11?,12-/m0/s1. The maximum atomic E-state index is 9.82. The second-order valence-electron chi connectivity index (χ2n) is 5.01. The van der Waals surface area contributed by atoms with Crippen LogP contribution in [-0.4, -0.2) is 42.7 Å². The lowest BCUT2D eigenvalue weighted by molar-refractivity contribution is 0.198. The Morgan fingerprint density at radius 2 is 2.00 bits per heavy atom. The molecule has 1 fully saturated rings. The molecule has 1 aliphatic heterocycles. The summed E-state index contributed by atoms with van der Waals surface area (Å²) in [6.45, 7) is 7.22. The molecule has 2 rings (SSSR count). The highest BCUT2D eigenvalue weighted by Gasteiger charge is 2.22. The molecule has 0 aliphatic carbocycles. The summed E-state index contributed by atoms with van der Waals surface area (Å²) in [5, 5.41) is 9.82. The van der Waals surface area contributed by atoms with Crippen molar-refractivity contribution >= 4 is 5.69 Å². The normalized spacial score (nSPS) is 23.8. The van der Waals surface area contributed by atoms with Gasteiger partial charge in [0.15, 0.2) is 0 Å². The van der Waals surface area contributed by atoms with Gasteiger partial charge in [0, 0.05) is 36.9 Å². The summed E-state index contributed by atoms with van der Waals surface area (Å²) >= 11 is 0. The first-order valence-corrected chi connectivity index (χ1v) is 6.31. The summed E-state index contributed by atoms with van der Waals surface area (Å²) in [5.74, 6) is 0. The Balaban J connectivity index is 2.22. The van der Waals surface area contributed by atoms with Gasteiger partial charge in [-0.2, -0.15) is 0 Å². The molecule has 3 heteroatoms. The number of benzene rings is 1. The van der Waals surface area contributed by atoms with Gasteiger partial charge in [-0.15, -0.1) is 0 Å². The maximum Gasteiger partial charge on any atom is 0.0781 e. The molecule has 2 atom stereocenters. The zero-order valence-corrected chi connectivity index (χ0v) is 10.9. The van der Waals surface area contributed by atoms with Crippen molar-refractivity contribution in [3.05, 3.63) is 29.8 Å². The summed E-state index contributed by atoms with van der Waals surface area (Å²) in [6, 6.07) is 8.73. The second-order valence-corrected chi connectivity index (χ2v) is 5.01. The lowest BCUT2D eigenvalue weighted by Crippen LogP contribution is -2.50. The molecule has 0 radical (unpaired) electrons. The number of hydrogen-bond acceptors (Lipinski definition) is 3. The van der Waals surface area contributed by atoms with Crippen LogP contribution in [-0.2, 0) is 0 Å². The molecular weight excluding hydrogens is 212 g/mol. The van der Waals surface area contributed by atoms with Gasteiger partial charge in [-0.25, -0.2) is 0 Å². The number of likely N-dealkylation sites (N-methyl/N-ethyl adjacent to an activating group) is 1. The van der Waals surface area contributed by atoms with Crippen LogP contribution in [0.2, 0.25) is 0 Å². The highest BCUT2D eigenvalue weighted by Crippen LogP contribution is 2.27. The fraction of sp³-hybridized carbons (Fsp3) is 0.571. The van der Waals surface area contributed by atoms with Crippen molar-refractivity contribution < 1.29 is 5.11 Å². The first-order chi connectivity index (χ1) is 8.09. The minimum Gasteiger partial charge on any atom is -0.389 e. The first-order valence-electron chi connectivity index (χ1n) is 6.31. The van der Waals surface area contributed by atoms with Crippen LogP contribution in [0.5, 0.6) is 0 Å². The van der Waals surface area contributed by atoms with Crippen LogP contribution in [0, 0.1) is 0 Å². The summed E-state index contributed by atoms with van der Waals surface area (Å²) in [5.41, 5.74) is 2.21. The third-order valence-electron chi connectivity index (χ3n) is 3.69. The van der Waals surface area contributed by atoms with E-state index in [0.717, 1.165) is 25.2 Å². The van der Waals surface area contributed by atoms with Gasteiger partial charge in [-0.3, -0.25) is 0 Å². The Morgan fingerprint density at radius 3 is 2.65 bits per heavy atom. The van der Waals surface area contributed by atoms with Crippen molar-refractivity contribution in [1.29, 1.82) is 0 Å². The average Bonchev–Trinajstić information content (AvgIpc) is 2.32. The highest BCUT2D eigenvalue weighted by atomic mass is 16.3. The summed E-state index contributed by atoms with van der Waals surface area (Å²) < 4.78 is 0. The van der Waals surface area contributed by atoms with Crippen molar-refractivity contribution in [3.63, 3.8) is 0 Å². The van der Waals surface area contributed by atoms with Crippen LogP contribution in [0.1, 0.15) is 25.5 Å². The quantitative estimate of drug-likeness (QED) is 0.846. The van der Waals surface area contributed by atoms with Crippen LogP contribution >= 0.6 is 0 Å². The maximum absolute atomic E-state index is 9.82. The van der Waals surface area contributed by atoms with Crippen LogP contribution in [0.25, 0.3) is 0 Å². The first kappa shape index (κ1) is 12.4. The van der Waals surface area contributed by atoms with E-state index in [1.54, 1.807) is 0 Å². The zero-order valence-electron chi connectivity index (χ0n) is 10.9. The van der Waals surface area contributed by atoms with E-state index < -0.39 is 6.10 Å². The summed E-state index contributed by atoms with van der Waals surface area (Å²) in [7, 11) is 2.17. The van der Waals surface area contributed by atoms with Gasteiger partial charge in [0.1, 0.15) is 0 Å². The molecule has 1 heterocycles. The molecule has 1 aromatic rings. The molecule has 0 spiro atoms. The largest absolute Gasteiger partial charge is 0.389 e. The Hall–Kier alpha value is -1.06.